The number of H-pyrrole nitrogens is 1. The first kappa shape index (κ1) is 22.3. The van der Waals surface area contributed by atoms with E-state index in [1.165, 1.54) is 18.1 Å². The van der Waals surface area contributed by atoms with Crippen LogP contribution in [0.25, 0.3) is 27.7 Å². The zero-order valence-corrected chi connectivity index (χ0v) is 20.1. The molecular weight excluding hydrogens is 459 g/mol. The molecule has 0 amide bonds. The van der Waals surface area contributed by atoms with Crippen LogP contribution in [0.1, 0.15) is 13.8 Å². The first-order valence-corrected chi connectivity index (χ1v) is 12.0. The number of nitrogens with zero attached hydrogens (tertiary/aromatic N) is 6. The summed E-state index contributed by atoms with van der Waals surface area (Å²) in [5.74, 6) is -0.167. The van der Waals surface area contributed by atoms with E-state index in [2.05, 4.69) is 61.1 Å². The molecule has 184 valence electrons. The Labute approximate surface area is 207 Å². The van der Waals surface area contributed by atoms with Gasteiger partial charge >= 0.3 is 0 Å². The second-order valence-corrected chi connectivity index (χ2v) is 9.34. The molecule has 0 unspecified atom stereocenters. The summed E-state index contributed by atoms with van der Waals surface area (Å²) in [5.41, 5.74) is 3.78. The number of halogens is 1. The molecule has 0 bridgehead atoms. The lowest BCUT2D eigenvalue weighted by Crippen LogP contribution is -2.48. The first-order chi connectivity index (χ1) is 17.5. The van der Waals surface area contributed by atoms with Crippen LogP contribution in [0.2, 0.25) is 0 Å². The highest BCUT2D eigenvalue weighted by atomic mass is 19.1. The second-order valence-electron chi connectivity index (χ2n) is 9.34. The van der Waals surface area contributed by atoms with Gasteiger partial charge in [0.2, 0.25) is 0 Å². The van der Waals surface area contributed by atoms with Crippen LogP contribution in [0.5, 0.6) is 5.88 Å². The Bertz CT molecular complexity index is 1530. The second kappa shape index (κ2) is 8.80. The molecule has 1 aliphatic heterocycles. The Balaban J connectivity index is 1.25. The molecule has 10 heteroatoms. The van der Waals surface area contributed by atoms with Crippen LogP contribution in [-0.4, -0.2) is 66.8 Å². The largest absolute Gasteiger partial charge is 0.494 e. The van der Waals surface area contributed by atoms with E-state index >= 15 is 0 Å². The van der Waals surface area contributed by atoms with Crippen LogP contribution < -0.4 is 10.2 Å². The van der Waals surface area contributed by atoms with Crippen LogP contribution >= 0.6 is 0 Å². The minimum atomic E-state index is -0.526. The van der Waals surface area contributed by atoms with Gasteiger partial charge in [-0.15, -0.1) is 0 Å². The van der Waals surface area contributed by atoms with Gasteiger partial charge in [-0.3, -0.25) is 4.90 Å². The molecule has 1 fully saturated rings. The topological polar surface area (TPSA) is 97.6 Å². The molecule has 0 spiro atoms. The summed E-state index contributed by atoms with van der Waals surface area (Å²) >= 11 is 0. The van der Waals surface area contributed by atoms with E-state index in [4.69, 9.17) is 0 Å². The maximum absolute atomic E-state index is 14.7. The van der Waals surface area contributed by atoms with E-state index < -0.39 is 5.82 Å². The minimum absolute atomic E-state index is 0.157. The van der Waals surface area contributed by atoms with Crippen molar-refractivity contribution < 1.29 is 9.50 Å². The van der Waals surface area contributed by atoms with Gasteiger partial charge in [0.25, 0.3) is 0 Å². The number of hydrogen-bond donors (Lipinski definition) is 3. The van der Waals surface area contributed by atoms with Crippen molar-refractivity contribution >= 4 is 33.6 Å². The third kappa shape index (κ3) is 3.89. The average Bonchev–Trinajstić information content (AvgIpc) is 3.52. The van der Waals surface area contributed by atoms with Crippen LogP contribution in [0.4, 0.5) is 21.6 Å². The molecule has 1 saturated heterocycles. The van der Waals surface area contributed by atoms with Gasteiger partial charge in [-0.2, -0.15) is 5.10 Å². The summed E-state index contributed by atoms with van der Waals surface area (Å²) in [5, 5.41) is 18.2. The molecule has 3 aromatic heterocycles. The van der Waals surface area contributed by atoms with Crippen molar-refractivity contribution in [3.63, 3.8) is 0 Å². The summed E-state index contributed by atoms with van der Waals surface area (Å²) in [6.07, 6.45) is 4.65. The number of anilines is 3. The zero-order chi connectivity index (χ0) is 24.8. The van der Waals surface area contributed by atoms with Gasteiger partial charge in [0, 0.05) is 60.7 Å². The van der Waals surface area contributed by atoms with Crippen molar-refractivity contribution in [3.05, 3.63) is 60.9 Å². The van der Waals surface area contributed by atoms with Crippen molar-refractivity contribution in [2.24, 2.45) is 0 Å². The number of rotatable bonds is 5. The van der Waals surface area contributed by atoms with Crippen LogP contribution in [0.15, 0.2) is 55.1 Å². The van der Waals surface area contributed by atoms with Crippen molar-refractivity contribution in [3.8, 4) is 17.1 Å². The van der Waals surface area contributed by atoms with Crippen LogP contribution in [0.3, 0.4) is 0 Å². The molecule has 0 aliphatic carbocycles. The third-order valence-corrected chi connectivity index (χ3v) is 6.86. The number of benzene rings is 2. The first-order valence-electron chi connectivity index (χ1n) is 12.0. The number of aromatic hydroxyl groups is 1. The fourth-order valence-electron chi connectivity index (χ4n) is 4.85. The summed E-state index contributed by atoms with van der Waals surface area (Å²) in [6.45, 7) is 8.66. The average molecular weight is 487 g/mol. The molecule has 2 aromatic carbocycles. The van der Waals surface area contributed by atoms with Crippen molar-refractivity contribution in [2.45, 2.75) is 19.9 Å². The number of piperazine rings is 1. The normalized spacial score (nSPS) is 14.8. The van der Waals surface area contributed by atoms with E-state index in [9.17, 15) is 9.50 Å². The zero-order valence-electron chi connectivity index (χ0n) is 20.1. The molecule has 4 heterocycles. The molecule has 1 aliphatic rings. The highest BCUT2D eigenvalue weighted by molar-refractivity contribution is 5.91. The number of nitrogens with one attached hydrogen (secondary N) is 2. The predicted octanol–water partition coefficient (Wildman–Crippen LogP) is 4.39. The van der Waals surface area contributed by atoms with Crippen molar-refractivity contribution in [1.29, 1.82) is 0 Å². The smallest absolute Gasteiger partial charge is 0.199 e. The standard InChI is InChI=1S/C26H27FN8O/c1-16(2)33-7-9-34(10-8-33)20-5-3-19(4-6-20)32-24-25-30-15-31-35(25)22(14-28-24)17-11-18-13-29-26(36)23(18)21(27)12-17/h3-6,11-16,29,36H,7-10H2,1-2H3,(H,28,32). The van der Waals surface area contributed by atoms with Gasteiger partial charge < -0.3 is 20.3 Å². The summed E-state index contributed by atoms with van der Waals surface area (Å²) < 4.78 is 16.3. The highest BCUT2D eigenvalue weighted by Gasteiger charge is 2.19. The molecule has 0 saturated carbocycles. The number of aromatic nitrogens is 5. The van der Waals surface area contributed by atoms with Crippen molar-refractivity contribution in [1.82, 2.24) is 29.5 Å². The Kier molecular flexibility index (Phi) is 5.45. The van der Waals surface area contributed by atoms with Gasteiger partial charge in [-0.25, -0.2) is 18.9 Å². The monoisotopic (exact) mass is 486 g/mol. The maximum Gasteiger partial charge on any atom is 0.199 e. The Hall–Kier alpha value is -4.18. The maximum atomic E-state index is 14.7. The fraction of sp³-hybridized carbons (Fsp3) is 0.269. The molecule has 5 aromatic rings. The predicted molar refractivity (Wildman–Crippen MR) is 138 cm³/mol. The molecular formula is C26H27FN8O. The Morgan fingerprint density at radius 2 is 1.83 bits per heavy atom. The lowest BCUT2D eigenvalue weighted by atomic mass is 10.1. The molecule has 0 atom stereocenters. The van der Waals surface area contributed by atoms with Crippen LogP contribution in [0, 0.1) is 5.82 Å². The molecule has 9 nitrogen and oxygen atoms in total. The number of fused-ring (bicyclic) bond motifs is 2. The van der Waals surface area contributed by atoms with E-state index in [0.29, 0.717) is 34.2 Å². The van der Waals surface area contributed by atoms with E-state index in [1.807, 2.05) is 12.1 Å². The van der Waals surface area contributed by atoms with E-state index in [1.54, 1.807) is 23.0 Å². The van der Waals surface area contributed by atoms with Crippen LogP contribution in [-0.2, 0) is 0 Å². The Morgan fingerprint density at radius 3 is 2.58 bits per heavy atom. The molecule has 36 heavy (non-hydrogen) atoms. The molecule has 3 N–H and O–H groups in total. The van der Waals surface area contributed by atoms with Gasteiger partial charge in [0.05, 0.1) is 17.3 Å². The fourth-order valence-corrected chi connectivity index (χ4v) is 4.85. The lowest BCUT2D eigenvalue weighted by molar-refractivity contribution is 0.209. The van der Waals surface area contributed by atoms with E-state index in [0.717, 1.165) is 31.9 Å². The SMILES string of the molecule is CC(C)N1CCN(c2ccc(Nc3ncc(-c4cc(F)c5c(O)[nH]cc5c4)n4ncnc34)cc2)CC1. The highest BCUT2D eigenvalue weighted by Crippen LogP contribution is 2.32. The van der Waals surface area contributed by atoms with Crippen molar-refractivity contribution in [2.75, 3.05) is 36.4 Å². The molecule has 0 radical (unpaired) electrons. The van der Waals surface area contributed by atoms with Gasteiger partial charge in [0.1, 0.15) is 12.1 Å². The lowest BCUT2D eigenvalue weighted by Gasteiger charge is -2.38. The minimum Gasteiger partial charge on any atom is -0.494 e. The van der Waals surface area contributed by atoms with Gasteiger partial charge in [0.15, 0.2) is 17.3 Å². The molecule has 6 rings (SSSR count). The van der Waals surface area contributed by atoms with E-state index in [-0.39, 0.29) is 11.3 Å². The Morgan fingerprint density at radius 1 is 1.06 bits per heavy atom. The summed E-state index contributed by atoms with van der Waals surface area (Å²) in [4.78, 5) is 16.5. The summed E-state index contributed by atoms with van der Waals surface area (Å²) in [6, 6.07) is 12.0. The third-order valence-electron chi connectivity index (χ3n) is 6.86. The quantitative estimate of drug-likeness (QED) is 0.339. The van der Waals surface area contributed by atoms with Gasteiger partial charge in [-0.1, -0.05) is 0 Å². The van der Waals surface area contributed by atoms with Gasteiger partial charge in [-0.05, 0) is 50.2 Å². The number of aromatic amines is 1. The number of hydrogen-bond acceptors (Lipinski definition) is 7. The summed E-state index contributed by atoms with van der Waals surface area (Å²) in [7, 11) is 0.